The monoisotopic (exact) mass is 302 g/mol. The number of amides is 1. The van der Waals surface area contributed by atoms with Crippen molar-refractivity contribution in [1.29, 1.82) is 0 Å². The summed E-state index contributed by atoms with van der Waals surface area (Å²) in [5.41, 5.74) is 1.30. The summed E-state index contributed by atoms with van der Waals surface area (Å²) in [4.78, 5) is 18.5. The van der Waals surface area contributed by atoms with Crippen LogP contribution >= 0.6 is 0 Å². The highest BCUT2D eigenvalue weighted by Crippen LogP contribution is 2.44. The zero-order chi connectivity index (χ0) is 16.3. The van der Waals surface area contributed by atoms with E-state index in [4.69, 9.17) is 0 Å². The van der Waals surface area contributed by atoms with Gasteiger partial charge in [0.2, 0.25) is 5.91 Å². The first-order chi connectivity index (χ1) is 10.3. The average molecular weight is 302 g/mol. The molecule has 1 heterocycles. The summed E-state index contributed by atoms with van der Waals surface area (Å²) in [7, 11) is 1.88. The number of carbonyl (C=O) groups excluding carboxylic acids is 1. The summed E-state index contributed by atoms with van der Waals surface area (Å²) < 4.78 is 0. The fourth-order valence-electron chi connectivity index (χ4n) is 3.52. The van der Waals surface area contributed by atoms with E-state index in [0.717, 1.165) is 24.4 Å². The van der Waals surface area contributed by atoms with E-state index in [1.807, 2.05) is 19.2 Å². The third-order valence-electron chi connectivity index (χ3n) is 6.00. The van der Waals surface area contributed by atoms with Crippen LogP contribution in [0.3, 0.4) is 0 Å². The normalized spacial score (nSPS) is 22.6. The smallest absolute Gasteiger partial charge is 0.229 e. The standard InChI is InChI=1S/C19H30N2O/c1-14(2)19(3,4)16-8-6-15(7-9-16)18(22)21(5)17-10-12-20-13-11-17/h10-16H,6-9H2,1-5H3. The summed E-state index contributed by atoms with van der Waals surface area (Å²) in [5, 5.41) is 0. The van der Waals surface area contributed by atoms with Crippen LogP contribution in [0.15, 0.2) is 24.5 Å². The predicted octanol–water partition coefficient (Wildman–Crippen LogP) is 4.53. The van der Waals surface area contributed by atoms with Crippen molar-refractivity contribution in [3.8, 4) is 0 Å². The third kappa shape index (κ3) is 3.50. The third-order valence-corrected chi connectivity index (χ3v) is 6.00. The maximum Gasteiger partial charge on any atom is 0.229 e. The summed E-state index contributed by atoms with van der Waals surface area (Å²) in [6, 6.07) is 3.79. The molecule has 0 bridgehead atoms. The summed E-state index contributed by atoms with van der Waals surface area (Å²) >= 11 is 0. The minimum Gasteiger partial charge on any atom is -0.315 e. The molecule has 2 rings (SSSR count). The second-order valence-corrected chi connectivity index (χ2v) is 7.63. The number of aromatic nitrogens is 1. The van der Waals surface area contributed by atoms with Crippen LogP contribution in [-0.2, 0) is 4.79 Å². The lowest BCUT2D eigenvalue weighted by Crippen LogP contribution is -2.38. The maximum absolute atomic E-state index is 12.7. The molecule has 1 amide bonds. The Hall–Kier alpha value is -1.38. The number of hydrogen-bond donors (Lipinski definition) is 0. The molecule has 0 radical (unpaired) electrons. The van der Waals surface area contributed by atoms with Gasteiger partial charge in [0.05, 0.1) is 0 Å². The van der Waals surface area contributed by atoms with Crippen molar-refractivity contribution in [2.24, 2.45) is 23.2 Å². The van der Waals surface area contributed by atoms with Crippen molar-refractivity contribution in [2.45, 2.75) is 53.4 Å². The van der Waals surface area contributed by atoms with Crippen LogP contribution in [0.2, 0.25) is 0 Å². The maximum atomic E-state index is 12.7. The highest BCUT2D eigenvalue weighted by atomic mass is 16.2. The molecule has 22 heavy (non-hydrogen) atoms. The highest BCUT2D eigenvalue weighted by Gasteiger charge is 2.37. The van der Waals surface area contributed by atoms with Crippen LogP contribution in [0.4, 0.5) is 5.69 Å². The molecule has 122 valence electrons. The lowest BCUT2D eigenvalue weighted by Gasteiger charge is -2.42. The van der Waals surface area contributed by atoms with E-state index >= 15 is 0 Å². The molecule has 3 heteroatoms. The van der Waals surface area contributed by atoms with Gasteiger partial charge in [-0.25, -0.2) is 0 Å². The number of hydrogen-bond acceptors (Lipinski definition) is 2. The Balaban J connectivity index is 1.96. The molecule has 1 fully saturated rings. The van der Waals surface area contributed by atoms with Gasteiger partial charge in [-0.05, 0) is 55.1 Å². The molecular formula is C19H30N2O. The molecule has 1 aliphatic rings. The van der Waals surface area contributed by atoms with E-state index in [2.05, 4.69) is 32.7 Å². The highest BCUT2D eigenvalue weighted by molar-refractivity contribution is 5.94. The van der Waals surface area contributed by atoms with E-state index in [1.165, 1.54) is 12.8 Å². The van der Waals surface area contributed by atoms with Gasteiger partial charge >= 0.3 is 0 Å². The lowest BCUT2D eigenvalue weighted by molar-refractivity contribution is -0.123. The minimum absolute atomic E-state index is 0.178. The Labute approximate surface area is 135 Å². The van der Waals surface area contributed by atoms with Gasteiger partial charge in [0.15, 0.2) is 0 Å². The first-order valence-corrected chi connectivity index (χ1v) is 8.51. The van der Waals surface area contributed by atoms with Gasteiger partial charge in [0.1, 0.15) is 0 Å². The fourth-order valence-corrected chi connectivity index (χ4v) is 3.52. The SMILES string of the molecule is CC(C)C(C)(C)C1CCC(C(=O)N(C)c2ccncc2)CC1. The average Bonchev–Trinajstić information content (AvgIpc) is 2.54. The summed E-state index contributed by atoms with van der Waals surface area (Å²) in [6.07, 6.45) is 7.87. The largest absolute Gasteiger partial charge is 0.315 e. The molecule has 0 aliphatic heterocycles. The van der Waals surface area contributed by atoms with Crippen LogP contribution in [-0.4, -0.2) is 17.9 Å². The first kappa shape index (κ1) is 17.0. The van der Waals surface area contributed by atoms with Crippen molar-refractivity contribution in [3.63, 3.8) is 0 Å². The minimum atomic E-state index is 0.178. The first-order valence-electron chi connectivity index (χ1n) is 8.51. The van der Waals surface area contributed by atoms with Crippen LogP contribution in [0, 0.1) is 23.2 Å². The molecule has 0 N–H and O–H groups in total. The number of anilines is 1. The Morgan fingerprint density at radius 3 is 2.23 bits per heavy atom. The Bertz CT molecular complexity index is 487. The molecule has 1 aliphatic carbocycles. The van der Waals surface area contributed by atoms with Gasteiger partial charge in [-0.2, -0.15) is 0 Å². The predicted molar refractivity (Wildman–Crippen MR) is 91.7 cm³/mol. The number of carbonyl (C=O) groups is 1. The number of pyridine rings is 1. The van der Waals surface area contributed by atoms with Gasteiger partial charge in [0, 0.05) is 31.0 Å². The number of nitrogens with zero attached hydrogens (tertiary/aromatic N) is 2. The van der Waals surface area contributed by atoms with Gasteiger partial charge in [-0.1, -0.05) is 27.7 Å². The van der Waals surface area contributed by atoms with Crippen LogP contribution < -0.4 is 4.90 Å². The van der Waals surface area contributed by atoms with Crippen molar-refractivity contribution in [2.75, 3.05) is 11.9 Å². The van der Waals surface area contributed by atoms with Crippen LogP contribution in [0.1, 0.15) is 53.4 Å². The summed E-state index contributed by atoms with van der Waals surface area (Å²) in [6.45, 7) is 9.39. The Morgan fingerprint density at radius 1 is 1.18 bits per heavy atom. The zero-order valence-electron chi connectivity index (χ0n) is 14.7. The van der Waals surface area contributed by atoms with Gasteiger partial charge in [-0.3, -0.25) is 9.78 Å². The molecular weight excluding hydrogens is 272 g/mol. The molecule has 0 aromatic carbocycles. The van der Waals surface area contributed by atoms with E-state index in [1.54, 1.807) is 17.3 Å². The van der Waals surface area contributed by atoms with Gasteiger partial charge in [0.25, 0.3) is 0 Å². The van der Waals surface area contributed by atoms with Crippen molar-refractivity contribution >= 4 is 11.6 Å². The van der Waals surface area contributed by atoms with Crippen molar-refractivity contribution < 1.29 is 4.79 Å². The van der Waals surface area contributed by atoms with E-state index in [9.17, 15) is 4.79 Å². The fraction of sp³-hybridized carbons (Fsp3) is 0.684. The molecule has 0 atom stereocenters. The van der Waals surface area contributed by atoms with Crippen LogP contribution in [0.5, 0.6) is 0 Å². The number of rotatable bonds is 4. The Morgan fingerprint density at radius 2 is 1.73 bits per heavy atom. The van der Waals surface area contributed by atoms with E-state index in [0.29, 0.717) is 11.3 Å². The van der Waals surface area contributed by atoms with Crippen molar-refractivity contribution in [1.82, 2.24) is 4.98 Å². The van der Waals surface area contributed by atoms with Crippen molar-refractivity contribution in [3.05, 3.63) is 24.5 Å². The van der Waals surface area contributed by atoms with E-state index < -0.39 is 0 Å². The van der Waals surface area contributed by atoms with Gasteiger partial charge in [-0.15, -0.1) is 0 Å². The van der Waals surface area contributed by atoms with Crippen LogP contribution in [0.25, 0.3) is 0 Å². The van der Waals surface area contributed by atoms with E-state index in [-0.39, 0.29) is 11.8 Å². The Kier molecular flexibility index (Phi) is 5.25. The van der Waals surface area contributed by atoms with Gasteiger partial charge < -0.3 is 4.90 Å². The zero-order valence-corrected chi connectivity index (χ0v) is 14.7. The molecule has 3 nitrogen and oxygen atoms in total. The quantitative estimate of drug-likeness (QED) is 0.818. The topological polar surface area (TPSA) is 33.2 Å². The molecule has 0 spiro atoms. The lowest BCUT2D eigenvalue weighted by atomic mass is 9.64. The molecule has 1 aromatic heterocycles. The summed E-state index contributed by atoms with van der Waals surface area (Å²) in [5.74, 6) is 1.86. The molecule has 1 aromatic rings. The second kappa shape index (κ2) is 6.80. The molecule has 0 unspecified atom stereocenters. The molecule has 0 saturated heterocycles. The molecule has 1 saturated carbocycles. The second-order valence-electron chi connectivity index (χ2n) is 7.63.